The van der Waals surface area contributed by atoms with E-state index in [1.54, 1.807) is 0 Å². The molecule has 0 bridgehead atoms. The molecule has 0 aromatic heterocycles. The van der Waals surface area contributed by atoms with Crippen molar-refractivity contribution in [2.24, 2.45) is 11.3 Å². The molecule has 0 aliphatic heterocycles. The summed E-state index contributed by atoms with van der Waals surface area (Å²) in [4.78, 5) is 0. The fourth-order valence-corrected chi connectivity index (χ4v) is 1.08. The summed E-state index contributed by atoms with van der Waals surface area (Å²) >= 11 is 0. The summed E-state index contributed by atoms with van der Waals surface area (Å²) in [5.74, 6) is 0.431. The van der Waals surface area contributed by atoms with Gasteiger partial charge >= 0.3 is 18.9 Å². The van der Waals surface area contributed by atoms with Gasteiger partial charge in [0.05, 0.1) is 0 Å². The van der Waals surface area contributed by atoms with E-state index < -0.39 is 0 Å². The summed E-state index contributed by atoms with van der Waals surface area (Å²) in [6.45, 7) is 12.7. The van der Waals surface area contributed by atoms with Crippen LogP contribution in [0.2, 0.25) is 0 Å². The Hall–Kier alpha value is 0.557. The average Bonchev–Trinajstić information content (AvgIpc) is 1.59. The Labute approximate surface area is 83.3 Å². The minimum absolute atomic E-state index is 0. The Bertz CT molecular complexity index is 93.7. The summed E-state index contributed by atoms with van der Waals surface area (Å²) in [6, 6.07) is 0. The fraction of sp³-hybridized carbons (Fsp3) is 1.00. The summed E-state index contributed by atoms with van der Waals surface area (Å²) in [7, 11) is 0. The quantitative estimate of drug-likeness (QED) is 0.485. The molecular formula is C9H20LiN. The second-order valence-corrected chi connectivity index (χ2v) is 4.81. The molecule has 0 amide bonds. The minimum atomic E-state index is -0.307. The first kappa shape index (κ1) is 14.1. The third kappa shape index (κ3) is 4.90. The second-order valence-electron chi connectivity index (χ2n) is 4.81. The van der Waals surface area contributed by atoms with Crippen molar-refractivity contribution >= 4 is 0 Å². The van der Waals surface area contributed by atoms with Crippen LogP contribution < -0.4 is 18.9 Å². The Morgan fingerprint density at radius 2 is 1.27 bits per heavy atom. The third-order valence-corrected chi connectivity index (χ3v) is 2.38. The predicted octanol–water partition coefficient (Wildman–Crippen LogP) is 0.503. The summed E-state index contributed by atoms with van der Waals surface area (Å²) < 4.78 is 0. The van der Waals surface area contributed by atoms with Crippen LogP contribution in [0.1, 0.15) is 41.5 Å². The maximum Gasteiger partial charge on any atom is 1.00 e. The van der Waals surface area contributed by atoms with Gasteiger partial charge in [0.2, 0.25) is 0 Å². The van der Waals surface area contributed by atoms with Crippen LogP contribution in [0.4, 0.5) is 0 Å². The van der Waals surface area contributed by atoms with Crippen molar-refractivity contribution in [1.82, 2.24) is 0 Å². The van der Waals surface area contributed by atoms with Crippen LogP contribution in [0.5, 0.6) is 0 Å². The van der Waals surface area contributed by atoms with E-state index >= 15 is 0 Å². The molecule has 11 heavy (non-hydrogen) atoms. The van der Waals surface area contributed by atoms with Gasteiger partial charge in [0.25, 0.3) is 0 Å². The maximum atomic E-state index is 7.79. The molecule has 0 aliphatic rings. The average molecular weight is 149 g/mol. The van der Waals surface area contributed by atoms with Crippen LogP contribution in [0.15, 0.2) is 0 Å². The zero-order chi connectivity index (χ0) is 8.58. The van der Waals surface area contributed by atoms with Gasteiger partial charge < -0.3 is 5.73 Å². The SMILES string of the molecule is CC(C(C)(C)C)C(C)(C)[NH-].[Li+]. The molecule has 0 rings (SSSR count). The van der Waals surface area contributed by atoms with Gasteiger partial charge in [-0.25, -0.2) is 0 Å². The van der Waals surface area contributed by atoms with Crippen molar-refractivity contribution in [3.05, 3.63) is 5.73 Å². The van der Waals surface area contributed by atoms with Gasteiger partial charge in [-0.1, -0.05) is 47.5 Å². The first-order valence-electron chi connectivity index (χ1n) is 3.90. The van der Waals surface area contributed by atoms with Gasteiger partial charge in [-0.2, -0.15) is 0 Å². The monoisotopic (exact) mass is 149 g/mol. The zero-order valence-corrected chi connectivity index (χ0v) is 9.08. The zero-order valence-electron chi connectivity index (χ0n) is 9.08. The standard InChI is InChI=1S/C9H20N.Li/c1-7(8(2,3)4)9(5,6)10;/h7,10H,1-6H3;/q-1;+1. The maximum absolute atomic E-state index is 7.79. The molecule has 1 unspecified atom stereocenters. The van der Waals surface area contributed by atoms with Gasteiger partial charge in [-0.05, 0) is 5.41 Å². The first-order chi connectivity index (χ1) is 4.15. The molecule has 0 fully saturated rings. The normalized spacial score (nSPS) is 15.5. The van der Waals surface area contributed by atoms with Crippen molar-refractivity contribution < 1.29 is 18.9 Å². The van der Waals surface area contributed by atoms with Gasteiger partial charge in [0.1, 0.15) is 0 Å². The van der Waals surface area contributed by atoms with E-state index in [9.17, 15) is 0 Å². The smallest absolute Gasteiger partial charge is 0.672 e. The van der Waals surface area contributed by atoms with Crippen molar-refractivity contribution in [2.75, 3.05) is 0 Å². The molecule has 1 atom stereocenters. The van der Waals surface area contributed by atoms with E-state index in [1.807, 2.05) is 13.8 Å². The first-order valence-corrected chi connectivity index (χ1v) is 3.90. The third-order valence-electron chi connectivity index (χ3n) is 2.38. The summed E-state index contributed by atoms with van der Waals surface area (Å²) in [6.07, 6.45) is 0. The summed E-state index contributed by atoms with van der Waals surface area (Å²) in [5, 5.41) is 0. The topological polar surface area (TPSA) is 23.8 Å². The molecule has 1 N–H and O–H groups in total. The molecule has 0 aromatic rings. The van der Waals surface area contributed by atoms with E-state index in [0.29, 0.717) is 5.92 Å². The van der Waals surface area contributed by atoms with Gasteiger partial charge in [-0.3, -0.25) is 0 Å². The summed E-state index contributed by atoms with van der Waals surface area (Å²) in [5.41, 5.74) is 7.74. The molecule has 0 radical (unpaired) electrons. The van der Waals surface area contributed by atoms with E-state index in [1.165, 1.54) is 0 Å². The fourth-order valence-electron chi connectivity index (χ4n) is 1.08. The number of hydrogen-bond acceptors (Lipinski definition) is 0. The Morgan fingerprint density at radius 3 is 1.27 bits per heavy atom. The molecule has 0 aromatic carbocycles. The molecule has 0 spiro atoms. The van der Waals surface area contributed by atoms with Crippen LogP contribution in [-0.4, -0.2) is 5.54 Å². The van der Waals surface area contributed by atoms with Crippen LogP contribution in [0.25, 0.3) is 5.73 Å². The number of rotatable bonds is 1. The van der Waals surface area contributed by atoms with Gasteiger partial charge in [-0.15, -0.1) is 5.54 Å². The largest absolute Gasteiger partial charge is 1.00 e. The molecule has 2 heteroatoms. The molecule has 0 saturated heterocycles. The Kier molecular flexibility index (Phi) is 5.11. The van der Waals surface area contributed by atoms with E-state index in [4.69, 9.17) is 5.73 Å². The molecular weight excluding hydrogens is 129 g/mol. The van der Waals surface area contributed by atoms with Crippen LogP contribution in [0, 0.1) is 11.3 Å². The van der Waals surface area contributed by atoms with Gasteiger partial charge in [0, 0.05) is 0 Å². The minimum Gasteiger partial charge on any atom is -0.672 e. The molecule has 0 saturated carbocycles. The van der Waals surface area contributed by atoms with Crippen molar-refractivity contribution in [2.45, 2.75) is 47.1 Å². The van der Waals surface area contributed by atoms with Crippen LogP contribution in [-0.2, 0) is 0 Å². The molecule has 0 heterocycles. The number of hydrogen-bond donors (Lipinski definition) is 0. The molecule has 1 nitrogen and oxygen atoms in total. The Morgan fingerprint density at radius 1 is 1.00 bits per heavy atom. The van der Waals surface area contributed by atoms with Crippen molar-refractivity contribution in [3.8, 4) is 0 Å². The number of nitrogens with one attached hydrogen (secondary N) is 1. The molecule has 0 aliphatic carbocycles. The van der Waals surface area contributed by atoms with Crippen LogP contribution in [0.3, 0.4) is 0 Å². The van der Waals surface area contributed by atoms with E-state index in [-0.39, 0.29) is 29.8 Å². The second kappa shape index (κ2) is 3.98. The van der Waals surface area contributed by atoms with E-state index in [0.717, 1.165) is 0 Å². The van der Waals surface area contributed by atoms with E-state index in [2.05, 4.69) is 27.7 Å². The van der Waals surface area contributed by atoms with Crippen LogP contribution >= 0.6 is 0 Å². The van der Waals surface area contributed by atoms with Gasteiger partial charge in [0.15, 0.2) is 0 Å². The van der Waals surface area contributed by atoms with Crippen molar-refractivity contribution in [3.63, 3.8) is 0 Å². The molecule has 62 valence electrons. The predicted molar refractivity (Wildman–Crippen MR) is 47.0 cm³/mol. The Balaban J connectivity index is 0. The van der Waals surface area contributed by atoms with Crippen molar-refractivity contribution in [1.29, 1.82) is 0 Å².